The molecule has 11 heteroatoms. The van der Waals surface area contributed by atoms with Crippen LogP contribution in [0.3, 0.4) is 0 Å². The summed E-state index contributed by atoms with van der Waals surface area (Å²) in [6, 6.07) is 6.29. The Morgan fingerprint density at radius 3 is 2.23 bits per heavy atom. The van der Waals surface area contributed by atoms with Gasteiger partial charge in [0.1, 0.15) is 17.1 Å². The van der Waals surface area contributed by atoms with E-state index < -0.39 is 17.7 Å². The van der Waals surface area contributed by atoms with Gasteiger partial charge in [0.25, 0.3) is 5.91 Å². The highest BCUT2D eigenvalue weighted by Gasteiger charge is 2.31. The minimum absolute atomic E-state index is 0.172. The molecule has 0 spiro atoms. The first-order valence-corrected chi connectivity index (χ1v) is 9.54. The molecule has 0 saturated carbocycles. The number of azo groups is 1. The van der Waals surface area contributed by atoms with Crippen LogP contribution < -0.4 is 23.4 Å². The zero-order chi connectivity index (χ0) is 23.1. The second-order valence-electron chi connectivity index (χ2n) is 6.02. The average molecular weight is 470 g/mol. The van der Waals surface area contributed by atoms with E-state index in [1.165, 1.54) is 53.6 Å². The Balaban J connectivity index is 2.43. The van der Waals surface area contributed by atoms with Gasteiger partial charge in [0, 0.05) is 23.9 Å². The van der Waals surface area contributed by atoms with E-state index >= 15 is 0 Å². The van der Waals surface area contributed by atoms with E-state index in [0.717, 1.165) is 4.42 Å². The molecule has 0 aliphatic rings. The first kappa shape index (κ1) is 24.2. The van der Waals surface area contributed by atoms with Crippen molar-refractivity contribution in [2.45, 2.75) is 13.0 Å². The number of hydrogen-bond acceptors (Lipinski definition) is 8. The predicted octanol–water partition coefficient (Wildman–Crippen LogP) is 4.60. The predicted molar refractivity (Wildman–Crippen MR) is 116 cm³/mol. The van der Waals surface area contributed by atoms with Crippen molar-refractivity contribution in [3.8, 4) is 23.0 Å². The zero-order valence-electron chi connectivity index (χ0n) is 17.5. The number of rotatable bonds is 9. The number of ether oxygens (including phenoxy) is 4. The molecule has 0 bridgehead atoms. The van der Waals surface area contributed by atoms with Crippen LogP contribution in [0.15, 0.2) is 40.6 Å². The fourth-order valence-corrected chi connectivity index (χ4v) is 3.13. The Morgan fingerprint density at radius 1 is 1.00 bits per heavy atom. The van der Waals surface area contributed by atoms with E-state index in [-0.39, 0.29) is 27.9 Å². The van der Waals surface area contributed by atoms with Gasteiger partial charge in [0.05, 0.1) is 33.5 Å². The number of benzene rings is 2. The second kappa shape index (κ2) is 10.8. The second-order valence-corrected chi connectivity index (χ2v) is 6.77. The van der Waals surface area contributed by atoms with Crippen LogP contribution >= 0.6 is 23.4 Å². The summed E-state index contributed by atoms with van der Waals surface area (Å²) in [5, 5.41) is 8.11. The third-order valence-corrected chi connectivity index (χ3v) is 4.75. The molecule has 0 N–H and O–H groups in total. The number of carbonyl (C=O) groups is 2. The molecule has 0 saturated heterocycles. The van der Waals surface area contributed by atoms with Crippen molar-refractivity contribution < 1.29 is 28.5 Å². The molecular formula is C20H21Cl2N3O6. The van der Waals surface area contributed by atoms with Crippen molar-refractivity contribution in [1.29, 1.82) is 0 Å². The van der Waals surface area contributed by atoms with Crippen LogP contribution in [0.1, 0.15) is 6.92 Å². The number of nitrogens with zero attached hydrogens (tertiary/aromatic N) is 3. The summed E-state index contributed by atoms with van der Waals surface area (Å²) in [6.07, 6.45) is 0. The minimum atomic E-state index is -1.52. The highest BCUT2D eigenvalue weighted by Crippen LogP contribution is 2.40. The lowest BCUT2D eigenvalue weighted by atomic mass is 10.2. The maximum Gasteiger partial charge on any atom is 0.276 e. The first-order valence-electron chi connectivity index (χ1n) is 8.82. The Bertz CT molecular complexity index is 999. The standard InChI is InChI=1S/C20H21Cl2N3O6/c1-11(26)17(24-23-14-10-12(28-2)9-13(21)18(14)30-4)20(27)25(22)15-7-6-8-16(29-3)19(15)31-5/h6-10,17H,1-5H3. The number of para-hydroxylation sites is 1. The van der Waals surface area contributed by atoms with E-state index in [2.05, 4.69) is 10.2 Å². The SMILES string of the molecule is COc1cc(Cl)c(OC)c(N=NC(C(C)=O)C(=O)N(Cl)c2cccc(OC)c2OC)c1. The van der Waals surface area contributed by atoms with Gasteiger partial charge < -0.3 is 18.9 Å². The molecule has 2 aromatic rings. The van der Waals surface area contributed by atoms with Crippen molar-refractivity contribution >= 4 is 46.4 Å². The Morgan fingerprint density at radius 2 is 1.68 bits per heavy atom. The summed E-state index contributed by atoms with van der Waals surface area (Å²) >= 11 is 12.4. The van der Waals surface area contributed by atoms with Crippen molar-refractivity contribution in [2.75, 3.05) is 32.9 Å². The van der Waals surface area contributed by atoms with Gasteiger partial charge in [-0.15, -0.1) is 0 Å². The van der Waals surface area contributed by atoms with Gasteiger partial charge in [-0.3, -0.25) is 9.59 Å². The molecule has 1 amide bonds. The molecule has 31 heavy (non-hydrogen) atoms. The monoisotopic (exact) mass is 469 g/mol. The van der Waals surface area contributed by atoms with Gasteiger partial charge in [0.15, 0.2) is 23.0 Å². The number of anilines is 1. The Kier molecular flexibility index (Phi) is 8.47. The largest absolute Gasteiger partial charge is 0.497 e. The summed E-state index contributed by atoms with van der Waals surface area (Å²) in [6.45, 7) is 1.20. The third kappa shape index (κ3) is 5.36. The summed E-state index contributed by atoms with van der Waals surface area (Å²) in [4.78, 5) is 25.1. The van der Waals surface area contributed by atoms with Crippen molar-refractivity contribution in [3.05, 3.63) is 35.4 Å². The van der Waals surface area contributed by atoms with Crippen LogP contribution in [-0.4, -0.2) is 46.2 Å². The van der Waals surface area contributed by atoms with Crippen LogP contribution in [0.2, 0.25) is 5.02 Å². The van der Waals surface area contributed by atoms with Gasteiger partial charge in [-0.05, 0) is 19.1 Å². The fourth-order valence-electron chi connectivity index (χ4n) is 2.62. The molecule has 0 heterocycles. The van der Waals surface area contributed by atoms with Crippen LogP contribution in [0, 0.1) is 0 Å². The Labute approximate surface area is 189 Å². The van der Waals surface area contributed by atoms with Crippen LogP contribution in [0.4, 0.5) is 11.4 Å². The molecule has 0 radical (unpaired) electrons. The fraction of sp³-hybridized carbons (Fsp3) is 0.300. The lowest BCUT2D eigenvalue weighted by Gasteiger charge is -2.20. The number of carbonyl (C=O) groups excluding carboxylic acids is 2. The van der Waals surface area contributed by atoms with E-state index in [4.69, 9.17) is 42.3 Å². The maximum absolute atomic E-state index is 13.0. The van der Waals surface area contributed by atoms with Crippen molar-refractivity contribution in [1.82, 2.24) is 0 Å². The van der Waals surface area contributed by atoms with Crippen LogP contribution in [0.25, 0.3) is 0 Å². The summed E-state index contributed by atoms with van der Waals surface area (Å²) in [7, 11) is 5.70. The van der Waals surface area contributed by atoms with Crippen molar-refractivity contribution in [2.24, 2.45) is 10.2 Å². The zero-order valence-corrected chi connectivity index (χ0v) is 19.0. The summed E-state index contributed by atoms with van der Waals surface area (Å²) in [5.74, 6) is -0.237. The molecule has 9 nitrogen and oxygen atoms in total. The van der Waals surface area contributed by atoms with Gasteiger partial charge in [0.2, 0.25) is 6.04 Å². The highest BCUT2D eigenvalue weighted by molar-refractivity contribution is 6.39. The summed E-state index contributed by atoms with van der Waals surface area (Å²) in [5.41, 5.74) is 0.350. The van der Waals surface area contributed by atoms with E-state index in [1.54, 1.807) is 12.1 Å². The van der Waals surface area contributed by atoms with Gasteiger partial charge in [-0.1, -0.05) is 17.7 Å². The first-order chi connectivity index (χ1) is 14.8. The molecular weight excluding hydrogens is 449 g/mol. The number of ketones is 1. The van der Waals surface area contributed by atoms with E-state index in [1.807, 2.05) is 0 Å². The van der Waals surface area contributed by atoms with E-state index in [9.17, 15) is 9.59 Å². The number of hydrogen-bond donors (Lipinski definition) is 0. The average Bonchev–Trinajstić information content (AvgIpc) is 2.77. The van der Waals surface area contributed by atoms with Gasteiger partial charge in [-0.2, -0.15) is 10.2 Å². The summed E-state index contributed by atoms with van der Waals surface area (Å²) < 4.78 is 21.6. The highest BCUT2D eigenvalue weighted by atomic mass is 35.5. The quantitative estimate of drug-likeness (QED) is 0.302. The molecule has 0 aliphatic heterocycles. The smallest absolute Gasteiger partial charge is 0.276 e. The van der Waals surface area contributed by atoms with Gasteiger partial charge >= 0.3 is 0 Å². The minimum Gasteiger partial charge on any atom is -0.497 e. The molecule has 0 aromatic heterocycles. The number of halogens is 2. The van der Waals surface area contributed by atoms with Crippen molar-refractivity contribution in [3.63, 3.8) is 0 Å². The number of methoxy groups -OCH3 is 4. The molecule has 2 rings (SSSR count). The molecule has 0 fully saturated rings. The molecule has 0 aliphatic carbocycles. The third-order valence-electron chi connectivity index (χ3n) is 4.12. The van der Waals surface area contributed by atoms with Crippen LogP contribution in [-0.2, 0) is 9.59 Å². The molecule has 1 atom stereocenters. The maximum atomic E-state index is 13.0. The molecule has 1 unspecified atom stereocenters. The Hall–Kier alpha value is -3.04. The topological polar surface area (TPSA) is 99.0 Å². The molecule has 166 valence electrons. The van der Waals surface area contributed by atoms with Gasteiger partial charge in [-0.25, -0.2) is 4.42 Å². The number of Topliss-reactive ketones (excluding diaryl/α,β-unsaturated/α-hetero) is 1. The number of amides is 1. The van der Waals surface area contributed by atoms with Crippen LogP contribution in [0.5, 0.6) is 23.0 Å². The van der Waals surface area contributed by atoms with E-state index in [0.29, 0.717) is 11.5 Å². The lowest BCUT2D eigenvalue weighted by molar-refractivity contribution is -0.126. The lowest BCUT2D eigenvalue weighted by Crippen LogP contribution is -2.36. The molecule has 2 aromatic carbocycles. The normalized spacial score (nSPS) is 11.7.